The molecule has 6 aromatic rings. The first-order chi connectivity index (χ1) is 21.3. The van der Waals surface area contributed by atoms with Crippen LogP contribution in [-0.2, 0) is 22.8 Å². The molecule has 0 amide bonds. The van der Waals surface area contributed by atoms with Crippen molar-refractivity contribution in [2.45, 2.75) is 32.2 Å². The lowest BCUT2D eigenvalue weighted by Gasteiger charge is -2.26. The number of rotatable bonds is 8. The number of piperidine rings is 1. The zero-order valence-electron chi connectivity index (χ0n) is 24.3. The van der Waals surface area contributed by atoms with E-state index in [1.165, 1.54) is 43.2 Å². The van der Waals surface area contributed by atoms with E-state index in [0.29, 0.717) is 16.8 Å². The summed E-state index contributed by atoms with van der Waals surface area (Å²) in [7, 11) is -3.18. The summed E-state index contributed by atoms with van der Waals surface area (Å²) >= 11 is 0. The second-order valence-electron chi connectivity index (χ2n) is 11.6. The van der Waals surface area contributed by atoms with E-state index < -0.39 is 15.7 Å². The molecule has 1 aliphatic heterocycles. The molecule has 9 nitrogen and oxygen atoms in total. The Kier molecular flexibility index (Phi) is 7.43. The van der Waals surface area contributed by atoms with Crippen molar-refractivity contribution in [2.75, 3.05) is 25.1 Å². The molecule has 44 heavy (non-hydrogen) atoms. The first-order valence-electron chi connectivity index (χ1n) is 14.8. The maximum absolute atomic E-state index is 14.6. The van der Waals surface area contributed by atoms with Gasteiger partial charge in [-0.15, -0.1) is 0 Å². The molecule has 5 aromatic heterocycles. The predicted octanol–water partition coefficient (Wildman–Crippen LogP) is 5.94. The molecule has 1 aliphatic rings. The Balaban J connectivity index is 1.23. The lowest BCUT2D eigenvalue weighted by Crippen LogP contribution is -2.29. The van der Waals surface area contributed by atoms with Crippen molar-refractivity contribution >= 4 is 31.6 Å². The van der Waals surface area contributed by atoms with Crippen molar-refractivity contribution in [2.24, 2.45) is 0 Å². The van der Waals surface area contributed by atoms with Crippen LogP contribution in [0, 0.1) is 5.82 Å². The average Bonchev–Trinajstić information content (AvgIpc) is 3.64. The number of halogens is 1. The van der Waals surface area contributed by atoms with Gasteiger partial charge in [-0.05, 0) is 85.9 Å². The summed E-state index contributed by atoms with van der Waals surface area (Å²) in [6.07, 6.45) is 12.4. The maximum Gasteiger partial charge on any atom is 0.147 e. The molecule has 2 N–H and O–H groups in total. The van der Waals surface area contributed by atoms with Crippen LogP contribution >= 0.6 is 0 Å². The first-order valence-corrected chi connectivity index (χ1v) is 16.8. The highest BCUT2D eigenvalue weighted by Crippen LogP contribution is 2.34. The van der Waals surface area contributed by atoms with Crippen LogP contribution in [0.3, 0.4) is 0 Å². The van der Waals surface area contributed by atoms with Gasteiger partial charge in [-0.25, -0.2) is 12.8 Å². The van der Waals surface area contributed by atoms with E-state index in [1.807, 2.05) is 30.6 Å². The fraction of sp³-hybridized carbons (Fsp3) is 0.273. The van der Waals surface area contributed by atoms with Gasteiger partial charge in [0.25, 0.3) is 0 Å². The molecule has 6 heterocycles. The minimum absolute atomic E-state index is 0.0519. The van der Waals surface area contributed by atoms with Gasteiger partial charge >= 0.3 is 0 Å². The number of likely N-dealkylation sites (tertiary alicyclic amines) is 1. The number of pyridine rings is 3. The Hall–Kier alpha value is -4.48. The van der Waals surface area contributed by atoms with Crippen molar-refractivity contribution < 1.29 is 12.8 Å². The summed E-state index contributed by atoms with van der Waals surface area (Å²) in [5.41, 5.74) is 7.87. The summed E-state index contributed by atoms with van der Waals surface area (Å²) in [5.74, 6) is -0.489. The minimum Gasteiger partial charge on any atom is -0.353 e. The Morgan fingerprint density at radius 2 is 1.68 bits per heavy atom. The van der Waals surface area contributed by atoms with Gasteiger partial charge in [0.05, 0.1) is 34.5 Å². The van der Waals surface area contributed by atoms with Crippen molar-refractivity contribution in [3.63, 3.8) is 0 Å². The quantitative estimate of drug-likeness (QED) is 0.219. The highest BCUT2D eigenvalue weighted by atomic mass is 32.2. The lowest BCUT2D eigenvalue weighted by molar-refractivity contribution is 0.220. The summed E-state index contributed by atoms with van der Waals surface area (Å²) in [6, 6.07) is 12.6. The SMILES string of the molecule is CS(=O)(=O)CCc1cc(F)cc(-c2nccc3[nH]c(-c4n[nH]c5cnc(-c6cncc(CN7CCCCC7)c6)cc45)cc23)c1. The van der Waals surface area contributed by atoms with E-state index in [1.54, 1.807) is 18.5 Å². The molecule has 0 aliphatic carbocycles. The summed E-state index contributed by atoms with van der Waals surface area (Å²) in [5, 5.41) is 9.42. The van der Waals surface area contributed by atoms with E-state index in [-0.39, 0.29) is 12.2 Å². The zero-order valence-corrected chi connectivity index (χ0v) is 25.2. The van der Waals surface area contributed by atoms with Gasteiger partial charge in [0, 0.05) is 58.8 Å². The third-order valence-corrected chi connectivity index (χ3v) is 9.13. The Morgan fingerprint density at radius 1 is 0.864 bits per heavy atom. The van der Waals surface area contributed by atoms with Crippen LogP contribution in [0.5, 0.6) is 0 Å². The molecule has 1 aromatic carbocycles. The first kappa shape index (κ1) is 28.3. The van der Waals surface area contributed by atoms with Crippen LogP contribution in [0.4, 0.5) is 4.39 Å². The second kappa shape index (κ2) is 11.5. The number of aromatic amines is 2. The predicted molar refractivity (Wildman–Crippen MR) is 170 cm³/mol. The summed E-state index contributed by atoms with van der Waals surface area (Å²) in [4.78, 5) is 19.7. The van der Waals surface area contributed by atoms with Gasteiger partial charge in [0.2, 0.25) is 0 Å². The lowest BCUT2D eigenvalue weighted by atomic mass is 10.0. The monoisotopic (exact) mass is 609 g/mol. The van der Waals surface area contributed by atoms with Gasteiger partial charge < -0.3 is 4.98 Å². The van der Waals surface area contributed by atoms with Crippen LogP contribution in [0.2, 0.25) is 0 Å². The third kappa shape index (κ3) is 5.97. The van der Waals surface area contributed by atoms with Crippen molar-refractivity contribution in [3.8, 4) is 33.9 Å². The molecule has 0 spiro atoms. The molecule has 224 valence electrons. The zero-order chi connectivity index (χ0) is 30.3. The average molecular weight is 610 g/mol. The highest BCUT2D eigenvalue weighted by molar-refractivity contribution is 7.90. The van der Waals surface area contributed by atoms with E-state index in [0.717, 1.165) is 64.1 Å². The molecular weight excluding hydrogens is 577 g/mol. The number of benzene rings is 1. The topological polar surface area (TPSA) is 121 Å². The van der Waals surface area contributed by atoms with E-state index in [4.69, 9.17) is 4.98 Å². The number of H-pyrrole nitrogens is 2. The largest absolute Gasteiger partial charge is 0.353 e. The molecule has 0 saturated carbocycles. The van der Waals surface area contributed by atoms with Gasteiger partial charge in [0.15, 0.2) is 0 Å². The second-order valence-corrected chi connectivity index (χ2v) is 13.9. The molecule has 0 unspecified atom stereocenters. The van der Waals surface area contributed by atoms with Crippen molar-refractivity contribution in [1.29, 1.82) is 0 Å². The van der Waals surface area contributed by atoms with E-state index in [9.17, 15) is 12.8 Å². The number of nitrogens with one attached hydrogen (secondary N) is 2. The Morgan fingerprint density at radius 3 is 2.52 bits per heavy atom. The smallest absolute Gasteiger partial charge is 0.147 e. The normalized spacial score (nSPS) is 14.5. The summed E-state index contributed by atoms with van der Waals surface area (Å²) in [6.45, 7) is 3.13. The van der Waals surface area contributed by atoms with Gasteiger partial charge in [0.1, 0.15) is 21.3 Å². The number of aromatic nitrogens is 6. The third-order valence-electron chi connectivity index (χ3n) is 8.19. The molecule has 11 heteroatoms. The van der Waals surface area contributed by atoms with Crippen LogP contribution in [0.15, 0.2) is 67.3 Å². The summed E-state index contributed by atoms with van der Waals surface area (Å²) < 4.78 is 38.0. The number of fused-ring (bicyclic) bond motifs is 2. The standard InChI is InChI=1S/C33H32FN7O2S/c1-44(42,43)10-6-21-11-23(14-25(34)13-21)32-26-16-30(38-28(26)5-7-36-32)33-27-15-29(37-19-31(27)39-40-33)24-12-22(17-35-18-24)20-41-8-3-2-4-9-41/h5,7,11-19,38H,2-4,6,8-10,20H2,1H3,(H,39,40). The molecule has 0 atom stereocenters. The van der Waals surface area contributed by atoms with Crippen LogP contribution in [0.25, 0.3) is 55.7 Å². The minimum atomic E-state index is -3.18. The van der Waals surface area contributed by atoms with E-state index in [2.05, 4.69) is 36.1 Å². The number of sulfone groups is 1. The molecule has 0 bridgehead atoms. The fourth-order valence-electron chi connectivity index (χ4n) is 6.02. The Bertz CT molecular complexity index is 2100. The molecular formula is C33H32FN7O2S. The van der Waals surface area contributed by atoms with Gasteiger partial charge in [-0.3, -0.25) is 25.0 Å². The number of hydrogen-bond acceptors (Lipinski definition) is 7. The van der Waals surface area contributed by atoms with Crippen molar-refractivity contribution in [1.82, 2.24) is 35.0 Å². The molecule has 0 radical (unpaired) electrons. The number of hydrogen-bond donors (Lipinski definition) is 2. The van der Waals surface area contributed by atoms with Crippen LogP contribution < -0.4 is 0 Å². The fourth-order valence-corrected chi connectivity index (χ4v) is 6.62. The van der Waals surface area contributed by atoms with Gasteiger partial charge in [-0.1, -0.05) is 6.42 Å². The Labute approximate surface area is 254 Å². The highest BCUT2D eigenvalue weighted by Gasteiger charge is 2.17. The number of aryl methyl sites for hydroxylation is 1. The van der Waals surface area contributed by atoms with Crippen LogP contribution in [-0.4, -0.2) is 68.5 Å². The maximum atomic E-state index is 14.6. The molecule has 1 saturated heterocycles. The number of nitrogens with zero attached hydrogens (tertiary/aromatic N) is 5. The van der Waals surface area contributed by atoms with E-state index >= 15 is 0 Å². The molecule has 1 fully saturated rings. The molecule has 7 rings (SSSR count). The van der Waals surface area contributed by atoms with Crippen molar-refractivity contribution in [3.05, 3.63) is 84.2 Å². The van der Waals surface area contributed by atoms with Gasteiger partial charge in [-0.2, -0.15) is 5.10 Å². The van der Waals surface area contributed by atoms with Crippen LogP contribution in [0.1, 0.15) is 30.4 Å².